The van der Waals surface area contributed by atoms with E-state index >= 15 is 0 Å². The van der Waals surface area contributed by atoms with Crippen molar-refractivity contribution in [3.63, 3.8) is 0 Å². The van der Waals surface area contributed by atoms with Crippen molar-refractivity contribution in [2.24, 2.45) is 0 Å². The number of ether oxygens (including phenoxy) is 1. The Hall–Kier alpha value is -3.50. The van der Waals surface area contributed by atoms with Gasteiger partial charge in [-0.3, -0.25) is 4.98 Å². The molecule has 0 fully saturated rings. The molecule has 0 spiro atoms. The topological polar surface area (TPSA) is 85.2 Å². The number of anilines is 2. The summed E-state index contributed by atoms with van der Waals surface area (Å²) < 4.78 is 60.8. The smallest absolute Gasteiger partial charge is 0.269 e. The normalized spacial score (nSPS) is 11.6. The van der Waals surface area contributed by atoms with E-state index in [-0.39, 0.29) is 10.6 Å². The SMILES string of the molecule is CNCc1cn(S(=O)(=O)c2cccnc2)c2cc(Nc3ccc(F)c(OC)c3F)ccc12. The van der Waals surface area contributed by atoms with Gasteiger partial charge in [0.25, 0.3) is 10.0 Å². The van der Waals surface area contributed by atoms with Crippen LogP contribution in [-0.2, 0) is 16.6 Å². The van der Waals surface area contributed by atoms with Crippen molar-refractivity contribution >= 4 is 32.3 Å². The van der Waals surface area contributed by atoms with Crippen molar-refractivity contribution in [2.45, 2.75) is 11.4 Å². The maximum absolute atomic E-state index is 14.6. The highest BCUT2D eigenvalue weighted by molar-refractivity contribution is 7.90. The first-order valence-electron chi connectivity index (χ1n) is 9.60. The van der Waals surface area contributed by atoms with E-state index < -0.39 is 27.4 Å². The molecule has 0 aliphatic heterocycles. The number of hydrogen-bond acceptors (Lipinski definition) is 6. The van der Waals surface area contributed by atoms with Crippen LogP contribution in [0.2, 0.25) is 0 Å². The average molecular weight is 458 g/mol. The minimum absolute atomic E-state index is 0.00808. The predicted molar refractivity (Wildman–Crippen MR) is 118 cm³/mol. The van der Waals surface area contributed by atoms with E-state index in [0.29, 0.717) is 17.7 Å². The maximum atomic E-state index is 14.6. The van der Waals surface area contributed by atoms with Gasteiger partial charge >= 0.3 is 0 Å². The molecule has 0 unspecified atom stereocenters. The monoisotopic (exact) mass is 458 g/mol. The van der Waals surface area contributed by atoms with Crippen LogP contribution in [0.1, 0.15) is 5.56 Å². The summed E-state index contributed by atoms with van der Waals surface area (Å²) in [6, 6.07) is 10.4. The third kappa shape index (κ3) is 3.78. The van der Waals surface area contributed by atoms with Gasteiger partial charge in [-0.1, -0.05) is 6.07 Å². The molecule has 166 valence electrons. The second-order valence-electron chi connectivity index (χ2n) is 6.97. The van der Waals surface area contributed by atoms with Crippen molar-refractivity contribution in [3.05, 3.63) is 78.3 Å². The number of nitrogens with zero attached hydrogens (tertiary/aromatic N) is 2. The van der Waals surface area contributed by atoms with Crippen LogP contribution in [0.25, 0.3) is 10.9 Å². The van der Waals surface area contributed by atoms with Gasteiger partial charge in [0.15, 0.2) is 17.4 Å². The van der Waals surface area contributed by atoms with Gasteiger partial charge in [0, 0.05) is 36.2 Å². The summed E-state index contributed by atoms with van der Waals surface area (Å²) in [5.74, 6) is -2.21. The number of hydrogen-bond donors (Lipinski definition) is 2. The molecular formula is C22H20F2N4O3S. The van der Waals surface area contributed by atoms with Gasteiger partial charge < -0.3 is 15.4 Å². The Morgan fingerprint density at radius 2 is 1.97 bits per heavy atom. The lowest BCUT2D eigenvalue weighted by Crippen LogP contribution is -2.12. The van der Waals surface area contributed by atoms with E-state index in [1.165, 1.54) is 35.6 Å². The molecule has 10 heteroatoms. The van der Waals surface area contributed by atoms with Crippen LogP contribution in [-0.4, -0.2) is 31.5 Å². The van der Waals surface area contributed by atoms with Gasteiger partial charge in [0.2, 0.25) is 0 Å². The molecule has 0 radical (unpaired) electrons. The molecule has 4 rings (SSSR count). The molecule has 2 aromatic heterocycles. The second-order valence-corrected chi connectivity index (χ2v) is 8.79. The molecule has 0 saturated heterocycles. The molecule has 0 bridgehead atoms. The lowest BCUT2D eigenvalue weighted by molar-refractivity contribution is 0.361. The summed E-state index contributed by atoms with van der Waals surface area (Å²) in [4.78, 5) is 3.95. The van der Waals surface area contributed by atoms with Crippen LogP contribution < -0.4 is 15.4 Å². The molecule has 0 aliphatic carbocycles. The molecule has 4 aromatic rings. The molecule has 32 heavy (non-hydrogen) atoms. The molecule has 2 N–H and O–H groups in total. The number of methoxy groups -OCH3 is 1. The van der Waals surface area contributed by atoms with Gasteiger partial charge in [-0.05, 0) is 49.0 Å². The van der Waals surface area contributed by atoms with Crippen molar-refractivity contribution < 1.29 is 21.9 Å². The van der Waals surface area contributed by atoms with Crippen molar-refractivity contribution in [1.29, 1.82) is 0 Å². The summed E-state index contributed by atoms with van der Waals surface area (Å²) in [6.45, 7) is 0.447. The fourth-order valence-electron chi connectivity index (χ4n) is 3.46. The number of halogens is 2. The maximum Gasteiger partial charge on any atom is 0.269 e. The Kier molecular flexibility index (Phi) is 5.81. The zero-order chi connectivity index (χ0) is 22.9. The van der Waals surface area contributed by atoms with Gasteiger partial charge in [0.05, 0.1) is 18.3 Å². The van der Waals surface area contributed by atoms with Crippen LogP contribution in [0.4, 0.5) is 20.2 Å². The number of rotatable bonds is 7. The standard InChI is InChI=1S/C22H20F2N4O3S/c1-25-11-14-13-28(32(29,30)16-4-3-9-26-12-16)20-10-15(5-6-17(14)20)27-19-8-7-18(23)22(31-2)21(19)24/h3-10,12-13,25,27H,11H2,1-2H3. The highest BCUT2D eigenvalue weighted by atomic mass is 32.2. The summed E-state index contributed by atoms with van der Waals surface area (Å²) >= 11 is 0. The van der Waals surface area contributed by atoms with E-state index in [4.69, 9.17) is 4.74 Å². The Labute approximate surface area is 183 Å². The van der Waals surface area contributed by atoms with Crippen LogP contribution in [0, 0.1) is 11.6 Å². The third-order valence-corrected chi connectivity index (χ3v) is 6.60. The van der Waals surface area contributed by atoms with Crippen LogP contribution in [0.5, 0.6) is 5.75 Å². The fraction of sp³-hybridized carbons (Fsp3) is 0.136. The van der Waals surface area contributed by atoms with E-state index in [1.807, 2.05) is 0 Å². The Bertz CT molecular complexity index is 1390. The van der Waals surface area contributed by atoms with Crippen LogP contribution in [0.15, 0.2) is 66.0 Å². The summed E-state index contributed by atoms with van der Waals surface area (Å²) in [7, 11) is -0.981. The molecule has 2 aromatic carbocycles. The van der Waals surface area contributed by atoms with Gasteiger partial charge in [-0.15, -0.1) is 0 Å². The van der Waals surface area contributed by atoms with Crippen LogP contribution in [0.3, 0.4) is 0 Å². The summed E-state index contributed by atoms with van der Waals surface area (Å²) in [5.41, 5.74) is 1.59. The van der Waals surface area contributed by atoms with Crippen molar-refractivity contribution in [1.82, 2.24) is 14.3 Å². The van der Waals surface area contributed by atoms with Crippen molar-refractivity contribution in [3.8, 4) is 5.75 Å². The van der Waals surface area contributed by atoms with Crippen molar-refractivity contribution in [2.75, 3.05) is 19.5 Å². The molecule has 7 nitrogen and oxygen atoms in total. The second kappa shape index (κ2) is 8.56. The predicted octanol–water partition coefficient (Wildman–Crippen LogP) is 4.02. The zero-order valence-corrected chi connectivity index (χ0v) is 18.1. The van der Waals surface area contributed by atoms with E-state index in [2.05, 4.69) is 15.6 Å². The number of nitrogens with one attached hydrogen (secondary N) is 2. The lowest BCUT2D eigenvalue weighted by atomic mass is 10.1. The fourth-order valence-corrected chi connectivity index (χ4v) is 4.81. The Morgan fingerprint density at radius 3 is 2.66 bits per heavy atom. The molecule has 0 amide bonds. The van der Waals surface area contributed by atoms with Gasteiger partial charge in [-0.2, -0.15) is 0 Å². The van der Waals surface area contributed by atoms with Gasteiger partial charge in [0.1, 0.15) is 4.90 Å². The highest BCUT2D eigenvalue weighted by Crippen LogP contribution is 2.32. The zero-order valence-electron chi connectivity index (χ0n) is 17.3. The molecule has 0 atom stereocenters. The first kappa shape index (κ1) is 21.7. The molecular weight excluding hydrogens is 438 g/mol. The van der Waals surface area contributed by atoms with E-state index in [1.54, 1.807) is 37.5 Å². The largest absolute Gasteiger partial charge is 0.491 e. The van der Waals surface area contributed by atoms with Gasteiger partial charge in [-0.25, -0.2) is 21.2 Å². The summed E-state index contributed by atoms with van der Waals surface area (Å²) in [5, 5.41) is 6.61. The lowest BCUT2D eigenvalue weighted by Gasteiger charge is -2.12. The first-order chi connectivity index (χ1) is 15.4. The molecule has 0 saturated carbocycles. The van der Waals surface area contributed by atoms with E-state index in [0.717, 1.165) is 17.0 Å². The average Bonchev–Trinajstić information content (AvgIpc) is 3.15. The minimum atomic E-state index is -3.92. The number of pyridine rings is 1. The molecule has 2 heterocycles. The molecule has 0 aliphatic rings. The third-order valence-electron chi connectivity index (χ3n) is 4.94. The van der Waals surface area contributed by atoms with E-state index in [9.17, 15) is 17.2 Å². The number of fused-ring (bicyclic) bond motifs is 1. The Morgan fingerprint density at radius 1 is 1.16 bits per heavy atom. The first-order valence-corrected chi connectivity index (χ1v) is 11.0. The highest BCUT2D eigenvalue weighted by Gasteiger charge is 2.22. The number of benzene rings is 2. The summed E-state index contributed by atoms with van der Waals surface area (Å²) in [6.07, 6.45) is 4.32. The van der Waals surface area contributed by atoms with Crippen LogP contribution >= 0.6 is 0 Å². The quantitative estimate of drug-likeness (QED) is 0.435. The minimum Gasteiger partial charge on any atom is -0.491 e. The number of aromatic nitrogens is 2. The Balaban J connectivity index is 1.84.